The second-order valence-electron chi connectivity index (χ2n) is 6.36. The first-order valence-corrected chi connectivity index (χ1v) is 7.42. The molecule has 2 rings (SSSR count). The van der Waals surface area contributed by atoms with Crippen molar-refractivity contribution in [3.05, 3.63) is 35.4 Å². The van der Waals surface area contributed by atoms with Gasteiger partial charge in [-0.3, -0.25) is 0 Å². The quantitative estimate of drug-likeness (QED) is 0.814. The second kappa shape index (κ2) is 5.88. The molecular weight excluding hydrogens is 218 g/mol. The van der Waals surface area contributed by atoms with E-state index in [-0.39, 0.29) is 0 Å². The molecule has 1 aromatic rings. The molecule has 3 unspecified atom stereocenters. The summed E-state index contributed by atoms with van der Waals surface area (Å²) in [5.41, 5.74) is 3.09. The molecule has 0 aromatic heterocycles. The van der Waals surface area contributed by atoms with Gasteiger partial charge in [-0.05, 0) is 49.1 Å². The fraction of sp³-hybridized carbons (Fsp3) is 0.647. The van der Waals surface area contributed by atoms with Crippen molar-refractivity contribution in [2.45, 2.75) is 65.0 Å². The molecule has 1 aliphatic carbocycles. The van der Waals surface area contributed by atoms with E-state index >= 15 is 0 Å². The highest BCUT2D eigenvalue weighted by Gasteiger charge is 2.25. The minimum atomic E-state index is 0.561. The molecule has 1 heteroatoms. The van der Waals surface area contributed by atoms with E-state index in [9.17, 15) is 0 Å². The van der Waals surface area contributed by atoms with Crippen molar-refractivity contribution in [1.82, 2.24) is 5.32 Å². The zero-order valence-corrected chi connectivity index (χ0v) is 12.2. The Morgan fingerprint density at radius 1 is 1.11 bits per heavy atom. The zero-order chi connectivity index (χ0) is 13.1. The molecule has 1 N–H and O–H groups in total. The summed E-state index contributed by atoms with van der Waals surface area (Å²) >= 11 is 0. The van der Waals surface area contributed by atoms with Gasteiger partial charge < -0.3 is 5.32 Å². The molecule has 0 saturated carbocycles. The van der Waals surface area contributed by atoms with E-state index in [4.69, 9.17) is 0 Å². The molecule has 0 spiro atoms. The van der Waals surface area contributed by atoms with Crippen LogP contribution in [-0.2, 0) is 0 Å². The summed E-state index contributed by atoms with van der Waals surface area (Å²) in [6, 6.07) is 10.1. The van der Waals surface area contributed by atoms with Crippen LogP contribution in [0.4, 0.5) is 0 Å². The van der Waals surface area contributed by atoms with Gasteiger partial charge >= 0.3 is 0 Å². The van der Waals surface area contributed by atoms with Crippen LogP contribution in [0.5, 0.6) is 0 Å². The van der Waals surface area contributed by atoms with Crippen LogP contribution in [0.1, 0.15) is 70.0 Å². The van der Waals surface area contributed by atoms with Gasteiger partial charge in [0.05, 0.1) is 0 Å². The van der Waals surface area contributed by atoms with Gasteiger partial charge in [0.1, 0.15) is 0 Å². The fourth-order valence-corrected chi connectivity index (χ4v) is 3.30. The van der Waals surface area contributed by atoms with Crippen molar-refractivity contribution in [1.29, 1.82) is 0 Å². The van der Waals surface area contributed by atoms with Gasteiger partial charge in [-0.2, -0.15) is 0 Å². The highest BCUT2D eigenvalue weighted by molar-refractivity contribution is 5.34. The highest BCUT2D eigenvalue weighted by Crippen LogP contribution is 2.37. The molecule has 1 aliphatic rings. The fourth-order valence-electron chi connectivity index (χ4n) is 3.30. The van der Waals surface area contributed by atoms with Gasteiger partial charge in [0.15, 0.2) is 0 Å². The third-order valence-electron chi connectivity index (χ3n) is 4.10. The van der Waals surface area contributed by atoms with Gasteiger partial charge in [0, 0.05) is 12.1 Å². The van der Waals surface area contributed by atoms with Crippen molar-refractivity contribution >= 4 is 0 Å². The Hall–Kier alpha value is -0.820. The first-order chi connectivity index (χ1) is 8.58. The number of fused-ring (bicyclic) bond motifs is 1. The van der Waals surface area contributed by atoms with E-state index in [2.05, 4.69) is 57.3 Å². The summed E-state index contributed by atoms with van der Waals surface area (Å²) in [4.78, 5) is 0. The van der Waals surface area contributed by atoms with Gasteiger partial charge in [-0.1, -0.05) is 45.0 Å². The summed E-state index contributed by atoms with van der Waals surface area (Å²) in [7, 11) is 0. The molecule has 1 aromatic carbocycles. The van der Waals surface area contributed by atoms with Gasteiger partial charge in [-0.25, -0.2) is 0 Å². The summed E-state index contributed by atoms with van der Waals surface area (Å²) < 4.78 is 0. The molecular formula is C17H27N. The molecule has 1 nitrogen and oxygen atoms in total. The Morgan fingerprint density at radius 3 is 2.44 bits per heavy atom. The normalized spacial score (nSPS) is 24.9. The molecule has 0 fully saturated rings. The minimum Gasteiger partial charge on any atom is -0.307 e. The van der Waals surface area contributed by atoms with Crippen LogP contribution < -0.4 is 5.32 Å². The Kier molecular flexibility index (Phi) is 4.45. The Morgan fingerprint density at radius 2 is 1.78 bits per heavy atom. The van der Waals surface area contributed by atoms with Crippen LogP contribution in [-0.4, -0.2) is 6.04 Å². The van der Waals surface area contributed by atoms with Gasteiger partial charge in [0.25, 0.3) is 0 Å². The van der Waals surface area contributed by atoms with Crippen molar-refractivity contribution in [3.63, 3.8) is 0 Å². The maximum absolute atomic E-state index is 3.83. The molecule has 0 aliphatic heterocycles. The van der Waals surface area contributed by atoms with Crippen LogP contribution in [0, 0.1) is 5.92 Å². The Balaban J connectivity index is 2.09. The monoisotopic (exact) mass is 245 g/mol. The third kappa shape index (κ3) is 3.14. The predicted octanol–water partition coefficient (Wildman–Crippen LogP) is 4.65. The Labute approximate surface area is 112 Å². The standard InChI is InChI=1S/C17H27N/c1-12(2)11-14(4)18-17-10-9-13(3)15-7-5-6-8-16(15)17/h5-8,12-14,17-18H,9-11H2,1-4H3. The molecule has 0 saturated heterocycles. The van der Waals surface area contributed by atoms with E-state index in [1.165, 1.54) is 24.8 Å². The number of benzene rings is 1. The van der Waals surface area contributed by atoms with E-state index in [0.717, 1.165) is 11.8 Å². The van der Waals surface area contributed by atoms with Crippen LogP contribution in [0.3, 0.4) is 0 Å². The molecule has 0 heterocycles. The number of nitrogens with one attached hydrogen (secondary N) is 1. The zero-order valence-electron chi connectivity index (χ0n) is 12.2. The lowest BCUT2D eigenvalue weighted by molar-refractivity contribution is 0.356. The van der Waals surface area contributed by atoms with E-state index in [1.54, 1.807) is 5.56 Å². The third-order valence-corrected chi connectivity index (χ3v) is 4.10. The topological polar surface area (TPSA) is 12.0 Å². The molecule has 0 bridgehead atoms. The number of hydrogen-bond acceptors (Lipinski definition) is 1. The highest BCUT2D eigenvalue weighted by atomic mass is 14.9. The SMILES string of the molecule is CC(C)CC(C)NC1CCC(C)c2ccccc21. The summed E-state index contributed by atoms with van der Waals surface area (Å²) in [6.45, 7) is 9.28. The first kappa shape index (κ1) is 13.6. The lowest BCUT2D eigenvalue weighted by Gasteiger charge is -2.33. The van der Waals surface area contributed by atoms with Gasteiger partial charge in [-0.15, -0.1) is 0 Å². The largest absolute Gasteiger partial charge is 0.307 e. The molecule has 100 valence electrons. The van der Waals surface area contributed by atoms with Crippen molar-refractivity contribution in [2.24, 2.45) is 5.92 Å². The van der Waals surface area contributed by atoms with Crippen LogP contribution in [0.2, 0.25) is 0 Å². The van der Waals surface area contributed by atoms with Crippen LogP contribution in [0.25, 0.3) is 0 Å². The Bertz CT molecular complexity index is 383. The average molecular weight is 245 g/mol. The maximum atomic E-state index is 3.83. The van der Waals surface area contributed by atoms with Crippen LogP contribution >= 0.6 is 0 Å². The average Bonchev–Trinajstić information content (AvgIpc) is 2.32. The summed E-state index contributed by atoms with van der Waals surface area (Å²) in [6.07, 6.45) is 3.85. The second-order valence-corrected chi connectivity index (χ2v) is 6.36. The van der Waals surface area contributed by atoms with Crippen molar-refractivity contribution < 1.29 is 0 Å². The lowest BCUT2D eigenvalue weighted by atomic mass is 9.80. The maximum Gasteiger partial charge on any atom is 0.0325 e. The predicted molar refractivity (Wildman–Crippen MR) is 78.9 cm³/mol. The number of hydrogen-bond donors (Lipinski definition) is 1. The first-order valence-electron chi connectivity index (χ1n) is 7.42. The number of rotatable bonds is 4. The smallest absolute Gasteiger partial charge is 0.0325 e. The molecule has 18 heavy (non-hydrogen) atoms. The van der Waals surface area contributed by atoms with Crippen LogP contribution in [0.15, 0.2) is 24.3 Å². The summed E-state index contributed by atoms with van der Waals surface area (Å²) in [5.74, 6) is 1.49. The summed E-state index contributed by atoms with van der Waals surface area (Å²) in [5, 5.41) is 3.83. The van der Waals surface area contributed by atoms with Crippen molar-refractivity contribution in [3.8, 4) is 0 Å². The van der Waals surface area contributed by atoms with E-state index < -0.39 is 0 Å². The minimum absolute atomic E-state index is 0.561. The van der Waals surface area contributed by atoms with E-state index in [0.29, 0.717) is 12.1 Å². The van der Waals surface area contributed by atoms with Crippen molar-refractivity contribution in [2.75, 3.05) is 0 Å². The molecule has 3 atom stereocenters. The molecule has 0 radical (unpaired) electrons. The molecule has 0 amide bonds. The van der Waals surface area contributed by atoms with E-state index in [1.807, 2.05) is 0 Å². The lowest BCUT2D eigenvalue weighted by Crippen LogP contribution is -2.34. The van der Waals surface area contributed by atoms with Gasteiger partial charge in [0.2, 0.25) is 0 Å².